The number of aromatic amines is 1. The van der Waals surface area contributed by atoms with Crippen molar-refractivity contribution in [3.63, 3.8) is 0 Å². The van der Waals surface area contributed by atoms with Gasteiger partial charge in [-0.25, -0.2) is 9.37 Å². The van der Waals surface area contributed by atoms with E-state index in [1.54, 1.807) is 6.20 Å². The van der Waals surface area contributed by atoms with E-state index in [2.05, 4.69) is 34.8 Å². The number of amides is 1. The van der Waals surface area contributed by atoms with Gasteiger partial charge in [0.05, 0.1) is 22.8 Å². The minimum absolute atomic E-state index is 0.230. The molecule has 1 N–H and O–H groups in total. The maximum atomic E-state index is 13.6. The number of ether oxygens (including phenoxy) is 2. The summed E-state index contributed by atoms with van der Waals surface area (Å²) in [5, 5.41) is 19.1. The number of anilines is 1. The van der Waals surface area contributed by atoms with Crippen LogP contribution in [0, 0.1) is 18.3 Å². The van der Waals surface area contributed by atoms with Crippen LogP contribution < -0.4 is 14.4 Å². The fraction of sp³-hybridized carbons (Fsp3) is 0.355. The molecular formula is C31H32FN7O3. The van der Waals surface area contributed by atoms with E-state index < -0.39 is 11.7 Å². The number of benzene rings is 2. The van der Waals surface area contributed by atoms with E-state index in [-0.39, 0.29) is 25.0 Å². The molecular weight excluding hydrogens is 537 g/mol. The van der Waals surface area contributed by atoms with Crippen molar-refractivity contribution in [2.75, 3.05) is 51.3 Å². The molecule has 0 saturated carbocycles. The monoisotopic (exact) mass is 569 g/mol. The van der Waals surface area contributed by atoms with Gasteiger partial charge in [0.1, 0.15) is 29.5 Å². The molecule has 0 unspecified atom stereocenters. The Balaban J connectivity index is 1.44. The van der Waals surface area contributed by atoms with Crippen molar-refractivity contribution in [1.82, 2.24) is 25.0 Å². The second-order valence-electron chi connectivity index (χ2n) is 10.8. The molecule has 2 saturated heterocycles. The number of rotatable bonds is 7. The van der Waals surface area contributed by atoms with Gasteiger partial charge in [-0.15, -0.1) is 0 Å². The molecule has 4 heterocycles. The minimum Gasteiger partial charge on any atom is -0.475 e. The molecule has 10 nitrogen and oxygen atoms in total. The number of H-pyrrole nitrogens is 1. The summed E-state index contributed by atoms with van der Waals surface area (Å²) >= 11 is 0. The molecule has 0 radical (unpaired) electrons. The van der Waals surface area contributed by atoms with E-state index in [4.69, 9.17) is 14.5 Å². The summed E-state index contributed by atoms with van der Waals surface area (Å²) in [5.41, 5.74) is 3.32. The molecule has 0 bridgehead atoms. The van der Waals surface area contributed by atoms with Gasteiger partial charge in [0.25, 0.3) is 5.91 Å². The van der Waals surface area contributed by atoms with Crippen molar-refractivity contribution in [2.24, 2.45) is 0 Å². The summed E-state index contributed by atoms with van der Waals surface area (Å²) in [6.07, 6.45) is 3.84. The van der Waals surface area contributed by atoms with E-state index in [0.717, 1.165) is 41.2 Å². The summed E-state index contributed by atoms with van der Waals surface area (Å²) in [7, 11) is 2.07. The minimum atomic E-state index is -0.979. The first kappa shape index (κ1) is 27.5. The van der Waals surface area contributed by atoms with Gasteiger partial charge in [0.2, 0.25) is 5.88 Å². The number of nitriles is 1. The van der Waals surface area contributed by atoms with Crippen LogP contribution >= 0.6 is 0 Å². The van der Waals surface area contributed by atoms with Crippen LogP contribution in [0.3, 0.4) is 0 Å². The first-order valence-electron chi connectivity index (χ1n) is 14.0. The molecule has 2 aromatic heterocycles. The number of nitrogens with zero attached hydrogens (tertiary/aromatic N) is 6. The van der Waals surface area contributed by atoms with Crippen LogP contribution in [-0.2, 0) is 4.79 Å². The van der Waals surface area contributed by atoms with Crippen LogP contribution in [0.25, 0.3) is 21.8 Å². The molecule has 11 heteroatoms. The first-order chi connectivity index (χ1) is 20.4. The van der Waals surface area contributed by atoms with Gasteiger partial charge in [-0.3, -0.25) is 9.89 Å². The van der Waals surface area contributed by atoms with E-state index in [9.17, 15) is 14.4 Å². The van der Waals surface area contributed by atoms with E-state index in [1.807, 2.05) is 42.2 Å². The van der Waals surface area contributed by atoms with Crippen molar-refractivity contribution in [2.45, 2.75) is 25.8 Å². The van der Waals surface area contributed by atoms with E-state index in [0.29, 0.717) is 48.0 Å². The number of hydrogen-bond donors (Lipinski definition) is 1. The van der Waals surface area contributed by atoms with Crippen molar-refractivity contribution in [3.05, 3.63) is 60.1 Å². The third kappa shape index (κ3) is 4.99. The van der Waals surface area contributed by atoms with Crippen molar-refractivity contribution in [3.8, 4) is 23.4 Å². The topological polar surface area (TPSA) is 111 Å². The zero-order valence-electron chi connectivity index (χ0n) is 23.7. The SMILES string of the molecule is C=C(F)C(=O)N1CCN(c2c(C#N)c(OC[C@@H]3CCCN3C)nc3c(Oc4c(C)ccc5[nH]ncc45)cccc23)CC1. The summed E-state index contributed by atoms with van der Waals surface area (Å²) in [6, 6.07) is 12.1. The number of aryl methyl sites for hydroxylation is 1. The predicted octanol–water partition coefficient (Wildman–Crippen LogP) is 4.69. The summed E-state index contributed by atoms with van der Waals surface area (Å²) in [5.74, 6) is -0.271. The van der Waals surface area contributed by atoms with Gasteiger partial charge in [-0.1, -0.05) is 24.8 Å². The number of fused-ring (bicyclic) bond motifs is 2. The Hall–Kier alpha value is -4.69. The Bertz CT molecular complexity index is 1720. The number of hydrogen-bond acceptors (Lipinski definition) is 8. The third-order valence-corrected chi connectivity index (χ3v) is 8.21. The molecule has 216 valence electrons. The van der Waals surface area contributed by atoms with Crippen LogP contribution in [-0.4, -0.2) is 83.3 Å². The summed E-state index contributed by atoms with van der Waals surface area (Å²) < 4.78 is 26.4. The molecule has 1 amide bonds. The maximum absolute atomic E-state index is 13.6. The molecule has 1 atom stereocenters. The molecule has 0 aliphatic carbocycles. The number of likely N-dealkylation sites (tertiary alicyclic amines) is 1. The highest BCUT2D eigenvalue weighted by molar-refractivity contribution is 5.99. The highest BCUT2D eigenvalue weighted by Gasteiger charge is 2.29. The van der Waals surface area contributed by atoms with Crippen LogP contribution in [0.4, 0.5) is 10.1 Å². The Morgan fingerprint density at radius 3 is 2.71 bits per heavy atom. The summed E-state index contributed by atoms with van der Waals surface area (Å²) in [6.45, 7) is 7.90. The van der Waals surface area contributed by atoms with Crippen molar-refractivity contribution >= 4 is 33.4 Å². The fourth-order valence-corrected chi connectivity index (χ4v) is 5.85. The van der Waals surface area contributed by atoms with Crippen LogP contribution in [0.5, 0.6) is 17.4 Å². The number of piperazine rings is 1. The van der Waals surface area contributed by atoms with Crippen LogP contribution in [0.2, 0.25) is 0 Å². The lowest BCUT2D eigenvalue weighted by Crippen LogP contribution is -2.49. The van der Waals surface area contributed by atoms with Gasteiger partial charge in [-0.05, 0) is 51.1 Å². The molecule has 4 aromatic rings. The maximum Gasteiger partial charge on any atom is 0.282 e. The summed E-state index contributed by atoms with van der Waals surface area (Å²) in [4.78, 5) is 22.8. The normalized spacial score (nSPS) is 17.5. The zero-order chi connectivity index (χ0) is 29.4. The fourth-order valence-electron chi connectivity index (χ4n) is 5.85. The van der Waals surface area contributed by atoms with Crippen molar-refractivity contribution in [1.29, 1.82) is 5.26 Å². The molecule has 0 spiro atoms. The number of halogens is 1. The average molecular weight is 570 g/mol. The smallest absolute Gasteiger partial charge is 0.282 e. The van der Waals surface area contributed by atoms with Gasteiger partial charge >= 0.3 is 0 Å². The standard InChI is InChI=1S/C31H32FN7O3/c1-19-9-10-25-24(17-34-36-25)29(19)42-26-8-4-7-22-27(26)35-30(41-18-21-6-5-11-37(21)3)23(16-33)28(22)38-12-14-39(15-13-38)31(40)20(2)32/h4,7-10,17,21H,2,5-6,11-15,18H2,1,3H3,(H,34,36)/t21-/m0/s1. The second kappa shape index (κ2) is 11.3. The van der Waals surface area contributed by atoms with Crippen molar-refractivity contribution < 1.29 is 18.7 Å². The molecule has 42 heavy (non-hydrogen) atoms. The number of para-hydroxylation sites is 1. The third-order valence-electron chi connectivity index (χ3n) is 8.21. The Labute approximate surface area is 242 Å². The Kier molecular flexibility index (Phi) is 7.39. The number of pyridine rings is 1. The number of aromatic nitrogens is 3. The van der Waals surface area contributed by atoms with Gasteiger partial charge in [0.15, 0.2) is 11.6 Å². The van der Waals surface area contributed by atoms with Gasteiger partial charge in [0, 0.05) is 37.6 Å². The van der Waals surface area contributed by atoms with Gasteiger partial charge < -0.3 is 24.2 Å². The quantitative estimate of drug-likeness (QED) is 0.319. The lowest BCUT2D eigenvalue weighted by molar-refractivity contribution is -0.128. The molecule has 6 rings (SSSR count). The first-order valence-corrected chi connectivity index (χ1v) is 14.0. The number of nitrogens with one attached hydrogen (secondary N) is 1. The predicted molar refractivity (Wildman–Crippen MR) is 158 cm³/mol. The lowest BCUT2D eigenvalue weighted by Gasteiger charge is -2.36. The highest BCUT2D eigenvalue weighted by Crippen LogP contribution is 2.42. The second-order valence-corrected chi connectivity index (χ2v) is 10.8. The number of carbonyl (C=O) groups excluding carboxylic acids is 1. The van der Waals surface area contributed by atoms with Gasteiger partial charge in [-0.2, -0.15) is 10.4 Å². The molecule has 2 aliphatic heterocycles. The Morgan fingerprint density at radius 1 is 1.19 bits per heavy atom. The zero-order valence-corrected chi connectivity index (χ0v) is 23.7. The largest absolute Gasteiger partial charge is 0.475 e. The van der Waals surface area contributed by atoms with E-state index >= 15 is 0 Å². The number of likely N-dealkylation sites (N-methyl/N-ethyl adjacent to an activating group) is 1. The Morgan fingerprint density at radius 2 is 2.00 bits per heavy atom. The van der Waals surface area contributed by atoms with Crippen LogP contribution in [0.1, 0.15) is 24.0 Å². The van der Waals surface area contributed by atoms with Crippen LogP contribution in [0.15, 0.2) is 48.9 Å². The number of carbonyl (C=O) groups is 1. The molecule has 2 aromatic carbocycles. The molecule has 2 fully saturated rings. The highest BCUT2D eigenvalue weighted by atomic mass is 19.1. The van der Waals surface area contributed by atoms with E-state index in [1.165, 1.54) is 4.90 Å². The average Bonchev–Trinajstić information content (AvgIpc) is 3.65. The lowest BCUT2D eigenvalue weighted by atomic mass is 10.1. The molecule has 2 aliphatic rings.